The van der Waals surface area contributed by atoms with Gasteiger partial charge in [0, 0.05) is 5.56 Å². The van der Waals surface area contributed by atoms with Gasteiger partial charge in [0.1, 0.15) is 0 Å². The molecule has 0 spiro atoms. The zero-order chi connectivity index (χ0) is 17.5. The first-order valence-electron chi connectivity index (χ1n) is 7.56. The molecule has 0 radical (unpaired) electrons. The van der Waals surface area contributed by atoms with Gasteiger partial charge in [0.05, 0.1) is 6.42 Å². The van der Waals surface area contributed by atoms with Gasteiger partial charge in [-0.2, -0.15) is 0 Å². The van der Waals surface area contributed by atoms with Crippen LogP contribution in [0.5, 0.6) is 0 Å². The third-order valence-corrected chi connectivity index (χ3v) is 3.57. The maximum absolute atomic E-state index is 11.8. The summed E-state index contributed by atoms with van der Waals surface area (Å²) in [6, 6.07) is 14.0. The third-order valence-electron chi connectivity index (χ3n) is 3.57. The number of nitrogens with one attached hydrogen (secondary N) is 1. The summed E-state index contributed by atoms with van der Waals surface area (Å²) in [5.41, 5.74) is 3.42. The van der Waals surface area contributed by atoms with E-state index in [4.69, 9.17) is 4.74 Å². The van der Waals surface area contributed by atoms with E-state index in [2.05, 4.69) is 5.32 Å². The minimum Gasteiger partial charge on any atom is -0.455 e. The summed E-state index contributed by atoms with van der Waals surface area (Å²) in [7, 11) is 0. The van der Waals surface area contributed by atoms with E-state index in [9.17, 15) is 14.4 Å². The third kappa shape index (κ3) is 5.05. The van der Waals surface area contributed by atoms with E-state index >= 15 is 0 Å². The number of imide groups is 1. The molecule has 2 amide bonds. The van der Waals surface area contributed by atoms with E-state index < -0.39 is 24.4 Å². The van der Waals surface area contributed by atoms with Gasteiger partial charge in [-0.25, -0.2) is 0 Å². The molecule has 0 bridgehead atoms. The molecule has 2 rings (SSSR count). The van der Waals surface area contributed by atoms with E-state index in [1.165, 1.54) is 0 Å². The van der Waals surface area contributed by atoms with Gasteiger partial charge in [-0.1, -0.05) is 36.4 Å². The van der Waals surface area contributed by atoms with Gasteiger partial charge in [-0.3, -0.25) is 19.7 Å². The van der Waals surface area contributed by atoms with Crippen LogP contribution in [0, 0.1) is 13.8 Å². The molecule has 0 saturated heterocycles. The highest BCUT2D eigenvalue weighted by atomic mass is 16.5. The molecular formula is C19H19NO4. The lowest BCUT2D eigenvalue weighted by Gasteiger charge is -2.07. The summed E-state index contributed by atoms with van der Waals surface area (Å²) in [5.74, 6) is -1.69. The molecule has 1 N–H and O–H groups in total. The standard InChI is InChI=1S/C19H19NO4/c1-13-8-9-15(10-14(13)2)11-18(22)24-12-17(21)20-19(23)16-6-4-3-5-7-16/h3-10H,11-12H2,1-2H3,(H,20,21,23). The fourth-order valence-corrected chi connectivity index (χ4v) is 2.10. The van der Waals surface area contributed by atoms with E-state index in [-0.39, 0.29) is 6.42 Å². The van der Waals surface area contributed by atoms with Crippen LogP contribution < -0.4 is 5.32 Å². The van der Waals surface area contributed by atoms with Crippen LogP contribution in [0.2, 0.25) is 0 Å². The lowest BCUT2D eigenvalue weighted by Crippen LogP contribution is -2.34. The van der Waals surface area contributed by atoms with Gasteiger partial charge in [-0.15, -0.1) is 0 Å². The normalized spacial score (nSPS) is 10.1. The van der Waals surface area contributed by atoms with Gasteiger partial charge in [0.2, 0.25) is 0 Å². The average Bonchev–Trinajstić information content (AvgIpc) is 2.57. The summed E-state index contributed by atoms with van der Waals surface area (Å²) in [4.78, 5) is 35.2. The second-order valence-electron chi connectivity index (χ2n) is 5.50. The summed E-state index contributed by atoms with van der Waals surface area (Å²) < 4.78 is 4.91. The molecule has 5 heteroatoms. The van der Waals surface area contributed by atoms with Crippen molar-refractivity contribution in [3.63, 3.8) is 0 Å². The first-order chi connectivity index (χ1) is 11.5. The Morgan fingerprint density at radius 1 is 0.958 bits per heavy atom. The monoisotopic (exact) mass is 325 g/mol. The van der Waals surface area contributed by atoms with Gasteiger partial charge in [0.25, 0.3) is 11.8 Å². The molecule has 124 valence electrons. The van der Waals surface area contributed by atoms with E-state index in [0.717, 1.165) is 16.7 Å². The van der Waals surface area contributed by atoms with Crippen LogP contribution in [-0.2, 0) is 20.7 Å². The zero-order valence-corrected chi connectivity index (χ0v) is 13.7. The van der Waals surface area contributed by atoms with Gasteiger partial charge in [0.15, 0.2) is 6.61 Å². The summed E-state index contributed by atoms with van der Waals surface area (Å²) in [6.07, 6.45) is 0.0844. The van der Waals surface area contributed by atoms with Crippen molar-refractivity contribution in [2.75, 3.05) is 6.61 Å². The first-order valence-corrected chi connectivity index (χ1v) is 7.56. The number of rotatable bonds is 5. The van der Waals surface area contributed by atoms with Crippen LogP contribution in [-0.4, -0.2) is 24.4 Å². The molecule has 0 aliphatic carbocycles. The topological polar surface area (TPSA) is 72.5 Å². The molecule has 0 aliphatic rings. The number of aryl methyl sites for hydroxylation is 2. The van der Waals surface area contributed by atoms with Crippen LogP contribution in [0.4, 0.5) is 0 Å². The molecule has 2 aromatic carbocycles. The molecular weight excluding hydrogens is 306 g/mol. The molecule has 0 saturated carbocycles. The Kier molecular flexibility index (Phi) is 5.84. The molecule has 0 atom stereocenters. The second-order valence-corrected chi connectivity index (χ2v) is 5.50. The number of hydrogen-bond acceptors (Lipinski definition) is 4. The fraction of sp³-hybridized carbons (Fsp3) is 0.211. The van der Waals surface area contributed by atoms with Gasteiger partial charge < -0.3 is 4.74 Å². The second kappa shape index (κ2) is 8.06. The van der Waals surface area contributed by atoms with Gasteiger partial charge >= 0.3 is 5.97 Å². The molecule has 0 heterocycles. The quantitative estimate of drug-likeness (QED) is 0.857. The van der Waals surface area contributed by atoms with E-state index in [0.29, 0.717) is 5.56 Å². The van der Waals surface area contributed by atoms with Crippen LogP contribution in [0.3, 0.4) is 0 Å². The lowest BCUT2D eigenvalue weighted by molar-refractivity contribution is -0.147. The van der Waals surface area contributed by atoms with Crippen molar-refractivity contribution < 1.29 is 19.1 Å². The number of carbonyl (C=O) groups is 3. The molecule has 5 nitrogen and oxygen atoms in total. The highest BCUT2D eigenvalue weighted by Gasteiger charge is 2.13. The maximum Gasteiger partial charge on any atom is 0.310 e. The highest BCUT2D eigenvalue weighted by Crippen LogP contribution is 2.10. The van der Waals surface area contributed by atoms with Crippen LogP contribution in [0.1, 0.15) is 27.0 Å². The Morgan fingerprint density at radius 2 is 1.67 bits per heavy atom. The number of amides is 2. The molecule has 2 aromatic rings. The van der Waals surface area contributed by atoms with Crippen LogP contribution in [0.25, 0.3) is 0 Å². The van der Waals surface area contributed by atoms with Crippen molar-refractivity contribution in [3.05, 3.63) is 70.8 Å². The van der Waals surface area contributed by atoms with Crippen molar-refractivity contribution in [1.29, 1.82) is 0 Å². The Morgan fingerprint density at radius 3 is 2.33 bits per heavy atom. The van der Waals surface area contributed by atoms with Crippen molar-refractivity contribution in [3.8, 4) is 0 Å². The number of ether oxygens (including phenoxy) is 1. The maximum atomic E-state index is 11.8. The van der Waals surface area contributed by atoms with Crippen LogP contribution in [0.15, 0.2) is 48.5 Å². The molecule has 24 heavy (non-hydrogen) atoms. The van der Waals surface area contributed by atoms with E-state index in [1.807, 2.05) is 32.0 Å². The molecule has 0 fully saturated rings. The highest BCUT2D eigenvalue weighted by molar-refractivity contribution is 6.05. The minimum absolute atomic E-state index is 0.0844. The smallest absolute Gasteiger partial charge is 0.310 e. The Labute approximate surface area is 140 Å². The number of carbonyl (C=O) groups excluding carboxylic acids is 3. The number of benzene rings is 2. The number of esters is 1. The van der Waals surface area contributed by atoms with Crippen molar-refractivity contribution >= 4 is 17.8 Å². The van der Waals surface area contributed by atoms with E-state index in [1.54, 1.807) is 30.3 Å². The predicted molar refractivity (Wildman–Crippen MR) is 89.5 cm³/mol. The molecule has 0 unspecified atom stereocenters. The Balaban J connectivity index is 1.79. The van der Waals surface area contributed by atoms with Gasteiger partial charge in [-0.05, 0) is 42.7 Å². The molecule has 0 aromatic heterocycles. The fourth-order valence-electron chi connectivity index (χ4n) is 2.10. The van der Waals surface area contributed by atoms with Crippen molar-refractivity contribution in [2.45, 2.75) is 20.3 Å². The predicted octanol–water partition coefficient (Wildman–Crippen LogP) is 2.35. The first kappa shape index (κ1) is 17.4. The SMILES string of the molecule is Cc1ccc(CC(=O)OCC(=O)NC(=O)c2ccccc2)cc1C. The summed E-state index contributed by atoms with van der Waals surface area (Å²) >= 11 is 0. The minimum atomic E-state index is -0.655. The molecule has 0 aliphatic heterocycles. The van der Waals surface area contributed by atoms with Crippen molar-refractivity contribution in [1.82, 2.24) is 5.32 Å². The summed E-state index contributed by atoms with van der Waals surface area (Å²) in [5, 5.41) is 2.18. The average molecular weight is 325 g/mol. The lowest BCUT2D eigenvalue weighted by atomic mass is 10.0. The summed E-state index contributed by atoms with van der Waals surface area (Å²) in [6.45, 7) is 3.47. The Hall–Kier alpha value is -2.95. The Bertz CT molecular complexity index is 753. The largest absolute Gasteiger partial charge is 0.455 e. The van der Waals surface area contributed by atoms with Crippen molar-refractivity contribution in [2.24, 2.45) is 0 Å². The zero-order valence-electron chi connectivity index (χ0n) is 13.7. The number of hydrogen-bond donors (Lipinski definition) is 1. The van der Waals surface area contributed by atoms with Crippen LogP contribution >= 0.6 is 0 Å².